The first kappa shape index (κ1) is 18.7. The number of likely N-dealkylation sites (tertiary alicyclic amines) is 1. The van der Waals surface area contributed by atoms with E-state index in [0.29, 0.717) is 43.8 Å². The van der Waals surface area contributed by atoms with E-state index >= 15 is 0 Å². The fraction of sp³-hybridized carbons (Fsp3) is 0.600. The van der Waals surface area contributed by atoms with Gasteiger partial charge in [0.1, 0.15) is 5.75 Å². The van der Waals surface area contributed by atoms with E-state index in [4.69, 9.17) is 14.7 Å². The summed E-state index contributed by atoms with van der Waals surface area (Å²) in [5.74, 6) is 1.56. The van der Waals surface area contributed by atoms with Crippen LogP contribution in [0.2, 0.25) is 0 Å². The van der Waals surface area contributed by atoms with Gasteiger partial charge in [-0.1, -0.05) is 0 Å². The largest absolute Gasteiger partial charge is 0.493 e. The molecule has 2 aliphatic heterocycles. The zero-order valence-corrected chi connectivity index (χ0v) is 15.7. The molecule has 1 amide bonds. The number of amides is 1. The number of ether oxygens (including phenoxy) is 2. The van der Waals surface area contributed by atoms with Crippen molar-refractivity contribution in [3.05, 3.63) is 29.8 Å². The van der Waals surface area contributed by atoms with Crippen molar-refractivity contribution in [1.29, 1.82) is 5.26 Å². The lowest BCUT2D eigenvalue weighted by Gasteiger charge is -2.25. The van der Waals surface area contributed by atoms with Crippen molar-refractivity contribution in [3.8, 4) is 11.8 Å². The van der Waals surface area contributed by atoms with Crippen molar-refractivity contribution < 1.29 is 14.3 Å². The van der Waals surface area contributed by atoms with Crippen LogP contribution >= 0.6 is 0 Å². The number of nitrogens with zero attached hydrogens (tertiary/aromatic N) is 3. The van der Waals surface area contributed by atoms with Gasteiger partial charge in [-0.3, -0.25) is 9.69 Å². The summed E-state index contributed by atoms with van der Waals surface area (Å²) >= 11 is 0. The second-order valence-electron chi connectivity index (χ2n) is 7.55. The van der Waals surface area contributed by atoms with Crippen molar-refractivity contribution >= 4 is 5.91 Å². The van der Waals surface area contributed by atoms with Gasteiger partial charge >= 0.3 is 0 Å². The Morgan fingerprint density at radius 2 is 2.12 bits per heavy atom. The van der Waals surface area contributed by atoms with Crippen molar-refractivity contribution in [1.82, 2.24) is 9.80 Å². The van der Waals surface area contributed by atoms with Gasteiger partial charge in [0.15, 0.2) is 0 Å². The minimum Gasteiger partial charge on any atom is -0.493 e. The molecule has 0 bridgehead atoms. The maximum absolute atomic E-state index is 12.5. The van der Waals surface area contributed by atoms with Gasteiger partial charge in [-0.05, 0) is 45.2 Å². The van der Waals surface area contributed by atoms with Gasteiger partial charge in [0.05, 0.1) is 37.5 Å². The Kier molecular flexibility index (Phi) is 5.80. The van der Waals surface area contributed by atoms with Crippen LogP contribution < -0.4 is 4.74 Å². The van der Waals surface area contributed by atoms with E-state index in [9.17, 15) is 4.79 Å². The molecule has 2 heterocycles. The molecule has 0 N–H and O–H groups in total. The minimum absolute atomic E-state index is 0.123. The average molecular weight is 357 g/mol. The lowest BCUT2D eigenvalue weighted by Crippen LogP contribution is -2.41. The number of nitriles is 1. The predicted octanol–water partition coefficient (Wildman–Crippen LogP) is 1.75. The highest BCUT2D eigenvalue weighted by Gasteiger charge is 2.45. The third kappa shape index (κ3) is 4.17. The third-order valence-corrected chi connectivity index (χ3v) is 5.51. The van der Waals surface area contributed by atoms with Crippen LogP contribution in [0.4, 0.5) is 0 Å². The van der Waals surface area contributed by atoms with E-state index in [1.807, 2.05) is 24.1 Å². The number of likely N-dealkylation sites (N-methyl/N-ethyl adjacent to an activating group) is 1. The van der Waals surface area contributed by atoms with Gasteiger partial charge in [-0.15, -0.1) is 0 Å². The molecule has 0 radical (unpaired) electrons. The van der Waals surface area contributed by atoms with E-state index in [1.54, 1.807) is 12.1 Å². The van der Waals surface area contributed by atoms with Gasteiger partial charge < -0.3 is 14.4 Å². The summed E-state index contributed by atoms with van der Waals surface area (Å²) in [4.78, 5) is 16.5. The highest BCUT2D eigenvalue weighted by Crippen LogP contribution is 2.34. The first-order chi connectivity index (χ1) is 12.5. The predicted molar refractivity (Wildman–Crippen MR) is 97.7 cm³/mol. The topological polar surface area (TPSA) is 65.8 Å². The Balaban J connectivity index is 1.51. The van der Waals surface area contributed by atoms with E-state index in [0.717, 1.165) is 12.3 Å². The highest BCUT2D eigenvalue weighted by atomic mass is 16.5. The average Bonchev–Trinajstić information content (AvgIpc) is 3.21. The SMILES string of the molecule is CC(C)N(C)CC(=O)N1C[C@@H]2[C@H](COc3ccc(C#N)cc3)CO[C@@H]2C1. The van der Waals surface area contributed by atoms with Gasteiger partial charge in [0.2, 0.25) is 5.91 Å². The first-order valence-corrected chi connectivity index (χ1v) is 9.20. The Morgan fingerprint density at radius 1 is 1.38 bits per heavy atom. The van der Waals surface area contributed by atoms with Crippen LogP contribution in [0.1, 0.15) is 19.4 Å². The number of hydrogen-bond donors (Lipinski definition) is 0. The molecule has 0 aliphatic carbocycles. The molecule has 0 spiro atoms. The third-order valence-electron chi connectivity index (χ3n) is 5.51. The minimum atomic E-state index is 0.123. The molecule has 0 aromatic heterocycles. The molecular formula is C20H27N3O3. The fourth-order valence-electron chi connectivity index (χ4n) is 3.50. The van der Waals surface area contributed by atoms with Gasteiger partial charge in [0, 0.05) is 31.0 Å². The smallest absolute Gasteiger partial charge is 0.236 e. The normalized spacial score (nSPS) is 24.8. The van der Waals surface area contributed by atoms with Crippen molar-refractivity contribution in [3.63, 3.8) is 0 Å². The van der Waals surface area contributed by atoms with Crippen LogP contribution in [-0.2, 0) is 9.53 Å². The molecule has 1 aromatic rings. The van der Waals surface area contributed by atoms with E-state index < -0.39 is 0 Å². The molecule has 3 atom stereocenters. The Bertz CT molecular complexity index is 668. The zero-order chi connectivity index (χ0) is 18.7. The van der Waals surface area contributed by atoms with Crippen LogP contribution in [0.5, 0.6) is 5.75 Å². The molecule has 26 heavy (non-hydrogen) atoms. The van der Waals surface area contributed by atoms with Crippen LogP contribution in [0.3, 0.4) is 0 Å². The molecule has 6 nitrogen and oxygen atoms in total. The lowest BCUT2D eigenvalue weighted by atomic mass is 9.94. The van der Waals surface area contributed by atoms with Gasteiger partial charge in [-0.25, -0.2) is 0 Å². The lowest BCUT2D eigenvalue weighted by molar-refractivity contribution is -0.132. The summed E-state index contributed by atoms with van der Waals surface area (Å²) in [6.07, 6.45) is 0.123. The van der Waals surface area contributed by atoms with Gasteiger partial charge in [0.25, 0.3) is 0 Å². The monoisotopic (exact) mass is 357 g/mol. The van der Waals surface area contributed by atoms with Crippen LogP contribution in [0.15, 0.2) is 24.3 Å². The van der Waals surface area contributed by atoms with Crippen molar-refractivity contribution in [2.75, 3.05) is 39.9 Å². The van der Waals surface area contributed by atoms with E-state index in [2.05, 4.69) is 24.8 Å². The molecular weight excluding hydrogens is 330 g/mol. The molecule has 2 fully saturated rings. The molecule has 6 heteroatoms. The summed E-state index contributed by atoms with van der Waals surface area (Å²) in [6, 6.07) is 9.60. The summed E-state index contributed by atoms with van der Waals surface area (Å²) in [5.41, 5.74) is 0.623. The molecule has 2 aliphatic rings. The summed E-state index contributed by atoms with van der Waals surface area (Å²) in [5, 5.41) is 8.85. The number of hydrogen-bond acceptors (Lipinski definition) is 5. The summed E-state index contributed by atoms with van der Waals surface area (Å²) in [7, 11) is 1.98. The van der Waals surface area contributed by atoms with Crippen molar-refractivity contribution in [2.24, 2.45) is 11.8 Å². The zero-order valence-electron chi connectivity index (χ0n) is 15.7. The molecule has 2 saturated heterocycles. The van der Waals surface area contributed by atoms with Crippen molar-refractivity contribution in [2.45, 2.75) is 26.0 Å². The quantitative estimate of drug-likeness (QED) is 0.776. The van der Waals surface area contributed by atoms with E-state index in [1.165, 1.54) is 0 Å². The second-order valence-corrected chi connectivity index (χ2v) is 7.55. The number of carbonyl (C=O) groups is 1. The number of fused-ring (bicyclic) bond motifs is 1. The van der Waals surface area contributed by atoms with Gasteiger partial charge in [-0.2, -0.15) is 5.26 Å². The number of carbonyl (C=O) groups excluding carboxylic acids is 1. The molecule has 0 unspecified atom stereocenters. The maximum Gasteiger partial charge on any atom is 0.236 e. The summed E-state index contributed by atoms with van der Waals surface area (Å²) in [6.45, 7) is 7.31. The Hall–Kier alpha value is -2.10. The summed E-state index contributed by atoms with van der Waals surface area (Å²) < 4.78 is 11.8. The van der Waals surface area contributed by atoms with Crippen LogP contribution in [0.25, 0.3) is 0 Å². The van der Waals surface area contributed by atoms with Crippen LogP contribution in [0, 0.1) is 23.2 Å². The number of rotatable bonds is 6. The highest BCUT2D eigenvalue weighted by molar-refractivity contribution is 5.78. The molecule has 140 valence electrons. The van der Waals surface area contributed by atoms with E-state index in [-0.39, 0.29) is 17.9 Å². The molecule has 3 rings (SSSR count). The Labute approximate surface area is 155 Å². The molecule has 0 saturated carbocycles. The molecule has 1 aromatic carbocycles. The Morgan fingerprint density at radius 3 is 2.77 bits per heavy atom. The maximum atomic E-state index is 12.5. The van der Waals surface area contributed by atoms with Crippen LogP contribution in [-0.4, -0.2) is 67.7 Å². The second kappa shape index (κ2) is 8.07. The fourth-order valence-corrected chi connectivity index (χ4v) is 3.50. The number of benzene rings is 1. The standard InChI is InChI=1S/C20H27N3O3/c1-14(2)22(3)11-20(24)23-9-18-16(13-26-19(18)10-23)12-25-17-6-4-15(8-21)5-7-17/h4-7,14,16,18-19H,9-13H2,1-3H3/t16-,18-,19-/m1/s1. The first-order valence-electron chi connectivity index (χ1n) is 9.20.